The molecule has 7 heteroatoms. The highest BCUT2D eigenvalue weighted by atomic mass is 16.6. The Kier molecular flexibility index (Phi) is 3.77. The third-order valence-corrected chi connectivity index (χ3v) is 2.66. The maximum Gasteiger partial charge on any atom is 0.311 e. The Bertz CT molecular complexity index is 676. The lowest BCUT2D eigenvalue weighted by atomic mass is 10.1. The van der Waals surface area contributed by atoms with Crippen LogP contribution in [-0.2, 0) is 6.54 Å². The lowest BCUT2D eigenvalue weighted by Gasteiger charge is -2.06. The zero-order chi connectivity index (χ0) is 14.5. The van der Waals surface area contributed by atoms with E-state index in [0.29, 0.717) is 17.9 Å². The summed E-state index contributed by atoms with van der Waals surface area (Å²) in [4.78, 5) is 14.0. The number of hydrogen-bond acceptors (Lipinski definition) is 6. The Morgan fingerprint density at radius 1 is 1.30 bits per heavy atom. The van der Waals surface area contributed by atoms with E-state index in [-0.39, 0.29) is 11.5 Å². The molecule has 0 radical (unpaired) electrons. The number of nitrogens with two attached hydrogens (primary N) is 1. The van der Waals surface area contributed by atoms with Crippen molar-refractivity contribution in [2.24, 2.45) is 0 Å². The van der Waals surface area contributed by atoms with Gasteiger partial charge in [0.15, 0.2) is 0 Å². The standard InChI is InChI=1S/C13H11N5O2/c14-7-9-1-3-10(4-2-9)8-16-12-6-5-11(18(19)20)13(15)17-12/h1-6H,8H2,(H3,15,16,17). The molecule has 0 aliphatic heterocycles. The molecule has 100 valence electrons. The van der Waals surface area contributed by atoms with Crippen molar-refractivity contribution in [3.05, 3.63) is 57.6 Å². The molecular weight excluding hydrogens is 258 g/mol. The summed E-state index contributed by atoms with van der Waals surface area (Å²) in [5, 5.41) is 22.3. The van der Waals surface area contributed by atoms with E-state index < -0.39 is 4.92 Å². The Balaban J connectivity index is 2.05. The maximum absolute atomic E-state index is 10.6. The third-order valence-electron chi connectivity index (χ3n) is 2.66. The minimum Gasteiger partial charge on any atom is -0.378 e. The van der Waals surface area contributed by atoms with E-state index in [0.717, 1.165) is 5.56 Å². The van der Waals surface area contributed by atoms with Crippen molar-refractivity contribution in [2.45, 2.75) is 6.54 Å². The van der Waals surface area contributed by atoms with E-state index in [9.17, 15) is 10.1 Å². The SMILES string of the molecule is N#Cc1ccc(CNc2ccc([N+](=O)[O-])c(N)n2)cc1. The van der Waals surface area contributed by atoms with Crippen molar-refractivity contribution in [3.63, 3.8) is 0 Å². The lowest BCUT2D eigenvalue weighted by Crippen LogP contribution is -2.04. The van der Waals surface area contributed by atoms with Crippen LogP contribution in [0, 0.1) is 21.4 Å². The number of nitrogen functional groups attached to an aromatic ring is 1. The second-order valence-corrected chi connectivity index (χ2v) is 4.02. The molecule has 1 aromatic carbocycles. The number of nitro groups is 1. The van der Waals surface area contributed by atoms with Crippen molar-refractivity contribution in [1.82, 2.24) is 4.98 Å². The van der Waals surface area contributed by atoms with Gasteiger partial charge in [0.05, 0.1) is 16.6 Å². The number of nitriles is 1. The van der Waals surface area contributed by atoms with Gasteiger partial charge in [0.1, 0.15) is 5.82 Å². The normalized spacial score (nSPS) is 9.75. The van der Waals surface area contributed by atoms with Gasteiger partial charge in [-0.25, -0.2) is 4.98 Å². The molecule has 20 heavy (non-hydrogen) atoms. The van der Waals surface area contributed by atoms with Crippen LogP contribution in [-0.4, -0.2) is 9.91 Å². The Labute approximate surface area is 114 Å². The van der Waals surface area contributed by atoms with Crippen molar-refractivity contribution in [3.8, 4) is 6.07 Å². The van der Waals surface area contributed by atoms with Gasteiger partial charge in [-0.05, 0) is 23.8 Å². The van der Waals surface area contributed by atoms with Gasteiger partial charge in [0.2, 0.25) is 5.82 Å². The highest BCUT2D eigenvalue weighted by Crippen LogP contribution is 2.20. The monoisotopic (exact) mass is 269 g/mol. The van der Waals surface area contributed by atoms with Crippen molar-refractivity contribution >= 4 is 17.3 Å². The highest BCUT2D eigenvalue weighted by Gasteiger charge is 2.12. The average molecular weight is 269 g/mol. The largest absolute Gasteiger partial charge is 0.378 e. The predicted molar refractivity (Wildman–Crippen MR) is 73.8 cm³/mol. The number of hydrogen-bond donors (Lipinski definition) is 2. The molecule has 0 saturated carbocycles. The fourth-order valence-corrected chi connectivity index (χ4v) is 1.61. The molecule has 7 nitrogen and oxygen atoms in total. The summed E-state index contributed by atoms with van der Waals surface area (Å²) in [5.74, 6) is 0.331. The Morgan fingerprint density at radius 2 is 2.00 bits per heavy atom. The Morgan fingerprint density at radius 3 is 2.55 bits per heavy atom. The quantitative estimate of drug-likeness (QED) is 0.647. The molecule has 0 bridgehead atoms. The van der Waals surface area contributed by atoms with Gasteiger partial charge in [-0.15, -0.1) is 0 Å². The van der Waals surface area contributed by atoms with E-state index in [1.54, 1.807) is 12.1 Å². The molecule has 0 fully saturated rings. The van der Waals surface area contributed by atoms with Crippen LogP contribution in [0.1, 0.15) is 11.1 Å². The lowest BCUT2D eigenvalue weighted by molar-refractivity contribution is -0.384. The first-order valence-corrected chi connectivity index (χ1v) is 5.74. The molecule has 0 aliphatic rings. The number of nitrogens with one attached hydrogen (secondary N) is 1. The minimum atomic E-state index is -0.577. The first-order chi connectivity index (χ1) is 9.60. The topological polar surface area (TPSA) is 118 Å². The van der Waals surface area contributed by atoms with Crippen LogP contribution in [0.25, 0.3) is 0 Å². The summed E-state index contributed by atoms with van der Waals surface area (Å²) < 4.78 is 0. The zero-order valence-corrected chi connectivity index (χ0v) is 10.4. The van der Waals surface area contributed by atoms with E-state index in [1.807, 2.05) is 18.2 Å². The smallest absolute Gasteiger partial charge is 0.311 e. The fraction of sp³-hybridized carbons (Fsp3) is 0.0769. The summed E-state index contributed by atoms with van der Waals surface area (Å²) in [6.07, 6.45) is 0. The number of aromatic nitrogens is 1. The minimum absolute atomic E-state index is 0.125. The number of anilines is 2. The molecule has 2 rings (SSSR count). The van der Waals surface area contributed by atoms with Crippen molar-refractivity contribution in [2.75, 3.05) is 11.1 Å². The molecule has 1 aromatic heterocycles. The highest BCUT2D eigenvalue weighted by molar-refractivity contribution is 5.57. The summed E-state index contributed by atoms with van der Waals surface area (Å²) in [6, 6.07) is 11.9. The van der Waals surface area contributed by atoms with Gasteiger partial charge in [-0.1, -0.05) is 12.1 Å². The average Bonchev–Trinajstić information content (AvgIpc) is 2.45. The number of nitrogens with zero attached hydrogens (tertiary/aromatic N) is 3. The second-order valence-electron chi connectivity index (χ2n) is 4.02. The van der Waals surface area contributed by atoms with Crippen LogP contribution < -0.4 is 11.1 Å². The second kappa shape index (κ2) is 5.67. The number of rotatable bonds is 4. The van der Waals surface area contributed by atoms with E-state index in [1.165, 1.54) is 12.1 Å². The van der Waals surface area contributed by atoms with Gasteiger partial charge in [-0.3, -0.25) is 10.1 Å². The fourth-order valence-electron chi connectivity index (χ4n) is 1.61. The number of pyridine rings is 1. The molecule has 0 atom stereocenters. The van der Waals surface area contributed by atoms with E-state index in [2.05, 4.69) is 10.3 Å². The van der Waals surface area contributed by atoms with Gasteiger partial charge in [0, 0.05) is 12.6 Å². The Hall–Kier alpha value is -3.14. The van der Waals surface area contributed by atoms with Gasteiger partial charge in [-0.2, -0.15) is 5.26 Å². The third kappa shape index (κ3) is 3.00. The molecular formula is C13H11N5O2. The van der Waals surface area contributed by atoms with Crippen LogP contribution in [0.5, 0.6) is 0 Å². The first kappa shape index (κ1) is 13.3. The summed E-state index contributed by atoms with van der Waals surface area (Å²) in [7, 11) is 0. The maximum atomic E-state index is 10.6. The van der Waals surface area contributed by atoms with Crippen LogP contribution in [0.15, 0.2) is 36.4 Å². The number of benzene rings is 1. The van der Waals surface area contributed by atoms with Crippen LogP contribution in [0.2, 0.25) is 0 Å². The van der Waals surface area contributed by atoms with Gasteiger partial charge >= 0.3 is 5.69 Å². The molecule has 0 spiro atoms. The van der Waals surface area contributed by atoms with Crippen LogP contribution in [0.4, 0.5) is 17.3 Å². The molecule has 1 heterocycles. The summed E-state index contributed by atoms with van der Waals surface area (Å²) in [5.41, 5.74) is 6.84. The molecule has 3 N–H and O–H groups in total. The zero-order valence-electron chi connectivity index (χ0n) is 10.4. The molecule has 0 amide bonds. The molecule has 0 aliphatic carbocycles. The van der Waals surface area contributed by atoms with E-state index in [4.69, 9.17) is 11.0 Å². The molecule has 0 unspecified atom stereocenters. The van der Waals surface area contributed by atoms with Crippen LogP contribution >= 0.6 is 0 Å². The van der Waals surface area contributed by atoms with Crippen LogP contribution in [0.3, 0.4) is 0 Å². The van der Waals surface area contributed by atoms with Gasteiger partial charge in [0.25, 0.3) is 0 Å². The molecule has 0 saturated heterocycles. The summed E-state index contributed by atoms with van der Waals surface area (Å²) in [6.45, 7) is 0.482. The first-order valence-electron chi connectivity index (χ1n) is 5.74. The van der Waals surface area contributed by atoms with Crippen molar-refractivity contribution < 1.29 is 4.92 Å². The van der Waals surface area contributed by atoms with Crippen molar-refractivity contribution in [1.29, 1.82) is 5.26 Å². The van der Waals surface area contributed by atoms with Gasteiger partial charge < -0.3 is 11.1 Å². The van der Waals surface area contributed by atoms with E-state index >= 15 is 0 Å². The predicted octanol–water partition coefficient (Wildman–Crippen LogP) is 2.06. The summed E-state index contributed by atoms with van der Waals surface area (Å²) >= 11 is 0. The molecule has 2 aromatic rings.